The van der Waals surface area contributed by atoms with Crippen LogP contribution in [-0.4, -0.2) is 62.1 Å². The summed E-state index contributed by atoms with van der Waals surface area (Å²) in [6.07, 6.45) is 6.29. The highest BCUT2D eigenvalue weighted by atomic mass is 16.5. The first kappa shape index (κ1) is 25.9. The van der Waals surface area contributed by atoms with Crippen molar-refractivity contribution < 1.29 is 19.1 Å². The smallest absolute Gasteiger partial charge is 0.323 e. The number of amides is 4. The fraction of sp³-hybridized carbons (Fsp3) is 0.483. The van der Waals surface area contributed by atoms with Gasteiger partial charge in [0.05, 0.1) is 12.0 Å². The summed E-state index contributed by atoms with van der Waals surface area (Å²) in [7, 11) is 1.74. The van der Waals surface area contributed by atoms with Gasteiger partial charge in [0.1, 0.15) is 5.75 Å². The van der Waals surface area contributed by atoms with Crippen molar-refractivity contribution in [1.29, 1.82) is 0 Å². The van der Waals surface area contributed by atoms with Gasteiger partial charge in [-0.1, -0.05) is 0 Å². The summed E-state index contributed by atoms with van der Waals surface area (Å²) in [5.41, 5.74) is 2.51. The number of ether oxygens (including phenoxy) is 1. The third kappa shape index (κ3) is 6.57. The monoisotopic (exact) mass is 519 g/mol. The molecule has 2 atom stereocenters. The Kier molecular flexibility index (Phi) is 8.00. The van der Waals surface area contributed by atoms with E-state index in [9.17, 15) is 14.4 Å². The van der Waals surface area contributed by atoms with Crippen molar-refractivity contribution in [2.75, 3.05) is 48.8 Å². The summed E-state index contributed by atoms with van der Waals surface area (Å²) in [5, 5.41) is 8.79. The average Bonchev–Trinajstić information content (AvgIpc) is 3.67. The molecule has 0 aromatic heterocycles. The zero-order valence-corrected chi connectivity index (χ0v) is 21.9. The Morgan fingerprint density at radius 2 is 1.58 bits per heavy atom. The number of carbonyl (C=O) groups is 3. The number of benzene rings is 2. The fourth-order valence-corrected chi connectivity index (χ4v) is 5.53. The predicted molar refractivity (Wildman–Crippen MR) is 147 cm³/mol. The van der Waals surface area contributed by atoms with Gasteiger partial charge in [0.15, 0.2) is 0 Å². The number of anilines is 3. The second-order valence-electron chi connectivity index (χ2n) is 10.7. The molecule has 3 fully saturated rings. The molecule has 2 unspecified atom stereocenters. The third-order valence-electron chi connectivity index (χ3n) is 7.77. The van der Waals surface area contributed by atoms with Crippen molar-refractivity contribution in [3.63, 3.8) is 0 Å². The minimum Gasteiger partial charge on any atom is -0.490 e. The molecule has 4 amide bonds. The molecule has 1 aliphatic carbocycles. The van der Waals surface area contributed by atoms with E-state index in [0.29, 0.717) is 42.9 Å². The summed E-state index contributed by atoms with van der Waals surface area (Å²) in [6.45, 7) is 2.90. The largest absolute Gasteiger partial charge is 0.490 e. The zero-order valence-electron chi connectivity index (χ0n) is 21.9. The van der Waals surface area contributed by atoms with Gasteiger partial charge >= 0.3 is 6.03 Å². The maximum atomic E-state index is 12.5. The fourth-order valence-electron chi connectivity index (χ4n) is 5.53. The van der Waals surface area contributed by atoms with Crippen LogP contribution in [0.15, 0.2) is 48.5 Å². The lowest BCUT2D eigenvalue weighted by Crippen LogP contribution is -2.36. The second-order valence-corrected chi connectivity index (χ2v) is 10.7. The molecule has 2 aliphatic heterocycles. The Labute approximate surface area is 223 Å². The van der Waals surface area contributed by atoms with Gasteiger partial charge in [-0.15, -0.1) is 0 Å². The maximum Gasteiger partial charge on any atom is 0.323 e. The van der Waals surface area contributed by atoms with E-state index in [2.05, 4.69) is 20.9 Å². The highest BCUT2D eigenvalue weighted by Gasteiger charge is 2.32. The first-order valence-corrected chi connectivity index (χ1v) is 13.6. The third-order valence-corrected chi connectivity index (χ3v) is 7.77. The molecular weight excluding hydrogens is 482 g/mol. The summed E-state index contributed by atoms with van der Waals surface area (Å²) in [6, 6.07) is 15.0. The van der Waals surface area contributed by atoms with Crippen LogP contribution in [0.25, 0.3) is 0 Å². The SMILES string of the molecule is CN1CC(C(=O)NCC2CCN(c3ccc(NC(=O)Nc4ccc(OC5CCCC5)cc4)cc3)C2)CC1=O. The highest BCUT2D eigenvalue weighted by Crippen LogP contribution is 2.27. The molecule has 1 saturated carbocycles. The van der Waals surface area contributed by atoms with E-state index in [1.807, 2.05) is 48.5 Å². The number of carbonyl (C=O) groups excluding carboxylic acids is 3. The van der Waals surface area contributed by atoms with Crippen LogP contribution < -0.4 is 25.6 Å². The number of likely N-dealkylation sites (tertiary alicyclic amines) is 1. The Morgan fingerprint density at radius 1 is 0.921 bits per heavy atom. The van der Waals surface area contributed by atoms with E-state index in [1.165, 1.54) is 12.8 Å². The van der Waals surface area contributed by atoms with Crippen molar-refractivity contribution in [2.24, 2.45) is 11.8 Å². The standard InChI is InChI=1S/C29H37N5O4/c1-33-19-21(16-27(33)35)28(36)30-17-20-14-15-34(18-20)24-10-6-22(7-11-24)31-29(37)32-23-8-12-26(13-9-23)38-25-4-2-3-5-25/h6-13,20-21,25H,2-5,14-19H2,1H3,(H,30,36)(H2,31,32,37). The van der Waals surface area contributed by atoms with E-state index < -0.39 is 0 Å². The minimum absolute atomic E-state index is 0.0248. The topological polar surface area (TPSA) is 103 Å². The van der Waals surface area contributed by atoms with Crippen LogP contribution >= 0.6 is 0 Å². The van der Waals surface area contributed by atoms with Gasteiger partial charge in [-0.25, -0.2) is 4.79 Å². The lowest BCUT2D eigenvalue weighted by atomic mass is 10.1. The second kappa shape index (κ2) is 11.8. The van der Waals surface area contributed by atoms with Gasteiger partial charge in [-0.3, -0.25) is 9.59 Å². The van der Waals surface area contributed by atoms with Crippen molar-refractivity contribution in [1.82, 2.24) is 10.2 Å². The highest BCUT2D eigenvalue weighted by molar-refractivity contribution is 5.99. The van der Waals surface area contributed by atoms with E-state index >= 15 is 0 Å². The summed E-state index contributed by atoms with van der Waals surface area (Å²) < 4.78 is 5.98. The van der Waals surface area contributed by atoms with Crippen LogP contribution in [0.3, 0.4) is 0 Å². The number of hydrogen-bond acceptors (Lipinski definition) is 5. The molecule has 202 valence electrons. The molecule has 2 aromatic carbocycles. The molecule has 2 saturated heterocycles. The van der Waals surface area contributed by atoms with Crippen molar-refractivity contribution in [3.05, 3.63) is 48.5 Å². The molecule has 9 heteroatoms. The molecule has 0 radical (unpaired) electrons. The number of rotatable bonds is 8. The number of nitrogens with zero attached hydrogens (tertiary/aromatic N) is 2. The van der Waals surface area contributed by atoms with Crippen LogP contribution in [0, 0.1) is 11.8 Å². The lowest BCUT2D eigenvalue weighted by molar-refractivity contribution is -0.128. The molecule has 2 heterocycles. The van der Waals surface area contributed by atoms with Crippen LogP contribution in [0.1, 0.15) is 38.5 Å². The Balaban J connectivity index is 1.04. The first-order valence-electron chi connectivity index (χ1n) is 13.6. The maximum absolute atomic E-state index is 12.5. The Morgan fingerprint density at radius 3 is 2.21 bits per heavy atom. The summed E-state index contributed by atoms with van der Waals surface area (Å²) in [5.74, 6) is 0.974. The van der Waals surface area contributed by atoms with E-state index in [1.54, 1.807) is 11.9 Å². The van der Waals surface area contributed by atoms with Crippen LogP contribution in [0.5, 0.6) is 5.75 Å². The lowest BCUT2D eigenvalue weighted by Gasteiger charge is -2.20. The zero-order chi connectivity index (χ0) is 26.5. The van der Waals surface area contributed by atoms with Gasteiger partial charge in [-0.2, -0.15) is 0 Å². The Bertz CT molecular complexity index is 1130. The number of urea groups is 1. The van der Waals surface area contributed by atoms with Crippen molar-refractivity contribution in [2.45, 2.75) is 44.6 Å². The molecular formula is C29H37N5O4. The van der Waals surface area contributed by atoms with Crippen molar-refractivity contribution >= 4 is 34.9 Å². The van der Waals surface area contributed by atoms with Crippen LogP contribution in [0.4, 0.5) is 21.9 Å². The van der Waals surface area contributed by atoms with E-state index in [-0.39, 0.29) is 23.8 Å². The number of nitrogens with one attached hydrogen (secondary N) is 3. The van der Waals surface area contributed by atoms with E-state index in [0.717, 1.165) is 43.8 Å². The molecule has 5 rings (SSSR count). The summed E-state index contributed by atoms with van der Waals surface area (Å²) in [4.78, 5) is 40.5. The quantitative estimate of drug-likeness (QED) is 0.488. The predicted octanol–water partition coefficient (Wildman–Crippen LogP) is 4.07. The molecule has 2 aromatic rings. The molecule has 3 N–H and O–H groups in total. The molecule has 0 spiro atoms. The van der Waals surface area contributed by atoms with E-state index in [4.69, 9.17) is 4.74 Å². The normalized spacial score (nSPS) is 21.6. The average molecular weight is 520 g/mol. The number of hydrogen-bond donors (Lipinski definition) is 3. The van der Waals surface area contributed by atoms with Crippen molar-refractivity contribution in [3.8, 4) is 5.75 Å². The molecule has 38 heavy (non-hydrogen) atoms. The molecule has 9 nitrogen and oxygen atoms in total. The van der Waals surface area contributed by atoms with Gasteiger partial charge in [0.25, 0.3) is 0 Å². The van der Waals surface area contributed by atoms with Crippen LogP contribution in [0.2, 0.25) is 0 Å². The minimum atomic E-state index is -0.297. The van der Waals surface area contributed by atoms with Gasteiger partial charge in [0, 0.05) is 56.7 Å². The molecule has 3 aliphatic rings. The summed E-state index contributed by atoms with van der Waals surface area (Å²) >= 11 is 0. The van der Waals surface area contributed by atoms with Gasteiger partial charge in [-0.05, 0) is 86.6 Å². The first-order chi connectivity index (χ1) is 18.4. The Hall–Kier alpha value is -3.75. The van der Waals surface area contributed by atoms with Crippen LogP contribution in [-0.2, 0) is 9.59 Å². The van der Waals surface area contributed by atoms with Gasteiger partial charge < -0.3 is 30.5 Å². The van der Waals surface area contributed by atoms with Gasteiger partial charge in [0.2, 0.25) is 11.8 Å². The molecule has 0 bridgehead atoms.